The first kappa shape index (κ1) is 14.5. The predicted molar refractivity (Wildman–Crippen MR) is 74.8 cm³/mol. The fraction of sp³-hybridized carbons (Fsp3) is 0.688. The fourth-order valence-corrected chi connectivity index (χ4v) is 3.41. The maximum Gasteiger partial charge on any atom is 0.171 e. The highest BCUT2D eigenvalue weighted by molar-refractivity contribution is 6.04. The topological polar surface area (TPSA) is 46.5 Å². The minimum atomic E-state index is -1.11. The van der Waals surface area contributed by atoms with Crippen LogP contribution < -0.4 is 0 Å². The molecule has 0 unspecified atom stereocenters. The molecule has 0 bridgehead atoms. The third-order valence-corrected chi connectivity index (χ3v) is 4.92. The summed E-state index contributed by atoms with van der Waals surface area (Å²) < 4.78 is 5.09. The second-order valence-electron chi connectivity index (χ2n) is 6.25. The normalized spacial score (nSPS) is 38.6. The van der Waals surface area contributed by atoms with Gasteiger partial charge in [-0.05, 0) is 38.5 Å². The molecule has 3 atom stereocenters. The Morgan fingerprint density at radius 2 is 2.26 bits per heavy atom. The maximum atomic E-state index is 12.9. The summed E-state index contributed by atoms with van der Waals surface area (Å²) in [6, 6.07) is 0. The first-order valence-corrected chi connectivity index (χ1v) is 7.01. The van der Waals surface area contributed by atoms with Gasteiger partial charge in [-0.3, -0.25) is 4.79 Å². The molecule has 1 N–H and O–H groups in total. The van der Waals surface area contributed by atoms with E-state index in [4.69, 9.17) is 4.74 Å². The molecule has 1 saturated carbocycles. The van der Waals surface area contributed by atoms with Crippen LogP contribution in [0.25, 0.3) is 0 Å². The third-order valence-electron chi connectivity index (χ3n) is 4.92. The molecule has 2 aliphatic carbocycles. The van der Waals surface area contributed by atoms with Crippen LogP contribution in [0.4, 0.5) is 0 Å². The molecule has 0 saturated heterocycles. The van der Waals surface area contributed by atoms with Gasteiger partial charge >= 0.3 is 0 Å². The van der Waals surface area contributed by atoms with Crippen LogP contribution in [0, 0.1) is 11.3 Å². The molecule has 3 heteroatoms. The first-order valence-electron chi connectivity index (χ1n) is 7.01. The number of hydrogen-bond donors (Lipinski definition) is 1. The number of Topliss-reactive ketones (excluding diaryl/α,β-unsaturated/α-hetero) is 1. The average Bonchev–Trinajstić information content (AvgIpc) is 2.86. The van der Waals surface area contributed by atoms with Crippen LogP contribution in [0.1, 0.15) is 39.5 Å². The van der Waals surface area contributed by atoms with Crippen LogP contribution in [0.5, 0.6) is 0 Å². The van der Waals surface area contributed by atoms with Gasteiger partial charge in [0, 0.05) is 12.7 Å². The zero-order valence-electron chi connectivity index (χ0n) is 12.2. The number of aliphatic hydroxyl groups is 1. The Kier molecular flexibility index (Phi) is 3.72. The summed E-state index contributed by atoms with van der Waals surface area (Å²) in [5.41, 5.74) is -0.0877. The van der Waals surface area contributed by atoms with Crippen molar-refractivity contribution in [2.45, 2.75) is 45.1 Å². The van der Waals surface area contributed by atoms with Crippen molar-refractivity contribution in [3.8, 4) is 0 Å². The summed E-state index contributed by atoms with van der Waals surface area (Å²) in [5.74, 6) is 0.422. The molecule has 0 aromatic heterocycles. The van der Waals surface area contributed by atoms with Gasteiger partial charge in [0.05, 0.1) is 12.0 Å². The summed E-state index contributed by atoms with van der Waals surface area (Å²) in [4.78, 5) is 12.9. The van der Waals surface area contributed by atoms with Gasteiger partial charge in [-0.1, -0.05) is 25.2 Å². The molecule has 2 rings (SSSR count). The smallest absolute Gasteiger partial charge is 0.171 e. The molecule has 0 amide bonds. The SMILES string of the molecule is C=C1[C@@H](C)CC[C@]1(C)C(=O)C1=CCC[C@]1(O)COC. The summed E-state index contributed by atoms with van der Waals surface area (Å²) in [5, 5.41) is 10.6. The molecule has 2 aliphatic rings. The summed E-state index contributed by atoms with van der Waals surface area (Å²) in [6.45, 7) is 8.38. The van der Waals surface area contributed by atoms with Gasteiger partial charge in [0.15, 0.2) is 5.78 Å². The Morgan fingerprint density at radius 1 is 1.58 bits per heavy atom. The van der Waals surface area contributed by atoms with Crippen molar-refractivity contribution >= 4 is 5.78 Å². The predicted octanol–water partition coefficient (Wildman–Crippen LogP) is 2.65. The van der Waals surface area contributed by atoms with Crippen LogP contribution in [-0.2, 0) is 9.53 Å². The van der Waals surface area contributed by atoms with Crippen molar-refractivity contribution in [3.63, 3.8) is 0 Å². The molecule has 1 fully saturated rings. The Hall–Kier alpha value is -0.930. The standard InChI is InChI=1S/C16H24O3/c1-11-7-9-15(3,12(11)2)14(17)13-6-5-8-16(13,18)10-19-4/h6,11,18H,2,5,7-10H2,1,3-4H3/t11-,15-,16-/m0/s1. The van der Waals surface area contributed by atoms with E-state index in [0.29, 0.717) is 17.9 Å². The molecular weight excluding hydrogens is 240 g/mol. The monoisotopic (exact) mass is 264 g/mol. The van der Waals surface area contributed by atoms with Crippen LogP contribution in [-0.4, -0.2) is 30.2 Å². The summed E-state index contributed by atoms with van der Waals surface area (Å²) in [6.07, 6.45) is 5.01. The number of rotatable bonds is 4. The van der Waals surface area contributed by atoms with Gasteiger partial charge in [0.25, 0.3) is 0 Å². The molecule has 0 heterocycles. The number of carbonyl (C=O) groups excluding carboxylic acids is 1. The maximum absolute atomic E-state index is 12.9. The number of methoxy groups -OCH3 is 1. The van der Waals surface area contributed by atoms with Crippen LogP contribution in [0.2, 0.25) is 0 Å². The Balaban J connectivity index is 2.27. The van der Waals surface area contributed by atoms with Crippen molar-refractivity contribution in [2.24, 2.45) is 11.3 Å². The van der Waals surface area contributed by atoms with Gasteiger partial charge in [-0.15, -0.1) is 0 Å². The van der Waals surface area contributed by atoms with Crippen molar-refractivity contribution in [2.75, 3.05) is 13.7 Å². The first-order chi connectivity index (χ1) is 8.85. The van der Waals surface area contributed by atoms with Crippen LogP contribution in [0.15, 0.2) is 23.8 Å². The Morgan fingerprint density at radius 3 is 2.79 bits per heavy atom. The molecule has 0 aromatic carbocycles. The number of ketones is 1. The van der Waals surface area contributed by atoms with E-state index in [0.717, 1.165) is 24.8 Å². The molecule has 0 aliphatic heterocycles. The third kappa shape index (κ3) is 2.19. The quantitative estimate of drug-likeness (QED) is 0.794. The van der Waals surface area contributed by atoms with Gasteiger partial charge < -0.3 is 9.84 Å². The molecule has 0 aromatic rings. The van der Waals surface area contributed by atoms with Crippen LogP contribution >= 0.6 is 0 Å². The molecule has 19 heavy (non-hydrogen) atoms. The zero-order chi connectivity index (χ0) is 14.3. The van der Waals surface area contributed by atoms with E-state index in [2.05, 4.69) is 13.5 Å². The zero-order valence-corrected chi connectivity index (χ0v) is 12.2. The highest BCUT2D eigenvalue weighted by Crippen LogP contribution is 2.49. The second kappa shape index (κ2) is 4.88. The number of hydrogen-bond acceptors (Lipinski definition) is 3. The highest BCUT2D eigenvalue weighted by Gasteiger charge is 2.49. The van der Waals surface area contributed by atoms with Crippen LogP contribution in [0.3, 0.4) is 0 Å². The lowest BCUT2D eigenvalue weighted by Gasteiger charge is -2.32. The van der Waals surface area contributed by atoms with E-state index < -0.39 is 11.0 Å². The van der Waals surface area contributed by atoms with Crippen molar-refractivity contribution in [3.05, 3.63) is 23.8 Å². The average molecular weight is 264 g/mol. The minimum Gasteiger partial charge on any atom is -0.383 e. The number of ether oxygens (including phenoxy) is 1. The Bertz CT molecular complexity index is 437. The number of allylic oxidation sites excluding steroid dienone is 2. The van der Waals surface area contributed by atoms with E-state index in [1.807, 2.05) is 13.0 Å². The Labute approximate surface area is 115 Å². The lowest BCUT2D eigenvalue weighted by atomic mass is 9.74. The summed E-state index contributed by atoms with van der Waals surface area (Å²) in [7, 11) is 1.55. The van der Waals surface area contributed by atoms with Gasteiger partial charge in [-0.2, -0.15) is 0 Å². The highest BCUT2D eigenvalue weighted by atomic mass is 16.5. The van der Waals surface area contributed by atoms with Crippen molar-refractivity contribution in [1.29, 1.82) is 0 Å². The molecule has 0 radical (unpaired) electrons. The second-order valence-corrected chi connectivity index (χ2v) is 6.25. The molecule has 0 spiro atoms. The fourth-order valence-electron chi connectivity index (χ4n) is 3.41. The van der Waals surface area contributed by atoms with Crippen molar-refractivity contribution < 1.29 is 14.6 Å². The number of carbonyl (C=O) groups is 1. The largest absolute Gasteiger partial charge is 0.383 e. The van der Waals surface area contributed by atoms with Gasteiger partial charge in [-0.25, -0.2) is 0 Å². The lowest BCUT2D eigenvalue weighted by Crippen LogP contribution is -2.41. The van der Waals surface area contributed by atoms with E-state index in [1.54, 1.807) is 7.11 Å². The van der Waals surface area contributed by atoms with Crippen molar-refractivity contribution in [1.82, 2.24) is 0 Å². The molecule has 106 valence electrons. The van der Waals surface area contributed by atoms with E-state index in [-0.39, 0.29) is 12.4 Å². The van der Waals surface area contributed by atoms with Gasteiger partial charge in [0.1, 0.15) is 5.60 Å². The summed E-state index contributed by atoms with van der Waals surface area (Å²) >= 11 is 0. The van der Waals surface area contributed by atoms with E-state index in [1.165, 1.54) is 0 Å². The molecule has 3 nitrogen and oxygen atoms in total. The van der Waals surface area contributed by atoms with E-state index >= 15 is 0 Å². The van der Waals surface area contributed by atoms with Gasteiger partial charge in [0.2, 0.25) is 0 Å². The minimum absolute atomic E-state index is 0.0406. The molecular formula is C16H24O3. The van der Waals surface area contributed by atoms with E-state index in [9.17, 15) is 9.90 Å². The lowest BCUT2D eigenvalue weighted by molar-refractivity contribution is -0.125.